The van der Waals surface area contributed by atoms with E-state index < -0.39 is 6.09 Å². The summed E-state index contributed by atoms with van der Waals surface area (Å²) < 4.78 is 10.5. The topological polar surface area (TPSA) is 125 Å². The Bertz CT molecular complexity index is 1020. The average molecular weight is 690 g/mol. The van der Waals surface area contributed by atoms with Gasteiger partial charge in [-0.2, -0.15) is 0 Å². The lowest BCUT2D eigenvalue weighted by Crippen LogP contribution is -2.52. The van der Waals surface area contributed by atoms with Crippen molar-refractivity contribution in [1.29, 1.82) is 0 Å². The smallest absolute Gasteiger partial charge is 0.407 e. The van der Waals surface area contributed by atoms with Crippen LogP contribution in [0, 0.1) is 5.92 Å². The van der Waals surface area contributed by atoms with Crippen LogP contribution in [0.4, 0.5) is 9.59 Å². The number of nitrogens with zero attached hydrogens (tertiary/aromatic N) is 6. The summed E-state index contributed by atoms with van der Waals surface area (Å²) in [6.45, 7) is 18.5. The van der Waals surface area contributed by atoms with E-state index in [1.807, 2.05) is 0 Å². The van der Waals surface area contributed by atoms with Crippen LogP contribution in [0.25, 0.3) is 0 Å². The van der Waals surface area contributed by atoms with Crippen molar-refractivity contribution in [3.63, 3.8) is 0 Å². The van der Waals surface area contributed by atoms with Gasteiger partial charge in [0.15, 0.2) is 0 Å². The van der Waals surface area contributed by atoms with Crippen LogP contribution < -0.4 is 16.0 Å². The number of piperazine rings is 3. The minimum Gasteiger partial charge on any atom is -0.450 e. The van der Waals surface area contributed by atoms with E-state index in [4.69, 9.17) is 9.47 Å². The lowest BCUT2D eigenvalue weighted by molar-refractivity contribution is -0.122. The molecule has 4 rings (SSSR count). The van der Waals surface area contributed by atoms with E-state index in [1.165, 1.54) is 0 Å². The van der Waals surface area contributed by atoms with Crippen LogP contribution in [0.3, 0.4) is 0 Å². The predicted molar refractivity (Wildman–Crippen MR) is 192 cm³/mol. The summed E-state index contributed by atoms with van der Waals surface area (Å²) in [6, 6.07) is 0. The van der Waals surface area contributed by atoms with E-state index in [9.17, 15) is 14.4 Å². The van der Waals surface area contributed by atoms with Crippen molar-refractivity contribution in [2.45, 2.75) is 25.7 Å². The van der Waals surface area contributed by atoms with E-state index in [0.717, 1.165) is 130 Å². The van der Waals surface area contributed by atoms with Crippen molar-refractivity contribution in [2.75, 3.05) is 151 Å². The summed E-state index contributed by atoms with van der Waals surface area (Å²) in [6.07, 6.45) is 11.5. The Hall–Kier alpha value is -2.75. The highest BCUT2D eigenvalue weighted by Crippen LogP contribution is 2.14. The molecule has 278 valence electrons. The SMILES string of the molecule is CN1CCN(CCNC(=O)OCCCCCOC(=O)NCCN2CCN(CC(=O)NCCN3CCN(CC4C=CC=CC4)CC3)CC2)CC1. The number of rotatable bonds is 19. The van der Waals surface area contributed by atoms with Crippen molar-refractivity contribution in [3.8, 4) is 0 Å². The Morgan fingerprint density at radius 2 is 1.10 bits per heavy atom. The van der Waals surface area contributed by atoms with Gasteiger partial charge < -0.3 is 35.2 Å². The van der Waals surface area contributed by atoms with Crippen LogP contribution >= 0.6 is 0 Å². The monoisotopic (exact) mass is 689 g/mol. The Kier molecular flexibility index (Phi) is 18.2. The van der Waals surface area contributed by atoms with Crippen LogP contribution in [-0.2, 0) is 14.3 Å². The maximum Gasteiger partial charge on any atom is 0.407 e. The molecule has 1 aliphatic carbocycles. The molecule has 14 nitrogen and oxygen atoms in total. The number of allylic oxidation sites excluding steroid dienone is 3. The van der Waals surface area contributed by atoms with Gasteiger partial charge in [-0.25, -0.2) is 9.59 Å². The van der Waals surface area contributed by atoms with Crippen LogP contribution in [-0.4, -0.2) is 199 Å². The van der Waals surface area contributed by atoms with Crippen molar-refractivity contribution in [1.82, 2.24) is 45.3 Å². The number of carbonyl (C=O) groups is 3. The molecule has 0 saturated carbocycles. The van der Waals surface area contributed by atoms with Gasteiger partial charge in [-0.1, -0.05) is 24.3 Å². The molecule has 3 fully saturated rings. The summed E-state index contributed by atoms with van der Waals surface area (Å²) in [5.41, 5.74) is 0. The van der Waals surface area contributed by atoms with Gasteiger partial charge in [-0.3, -0.25) is 24.4 Å². The van der Waals surface area contributed by atoms with Gasteiger partial charge in [0.05, 0.1) is 19.8 Å². The number of alkyl carbamates (subject to hydrolysis) is 2. The van der Waals surface area contributed by atoms with Gasteiger partial charge in [0.1, 0.15) is 0 Å². The largest absolute Gasteiger partial charge is 0.450 e. The number of nitrogens with one attached hydrogen (secondary N) is 3. The third kappa shape index (κ3) is 16.7. The van der Waals surface area contributed by atoms with E-state index >= 15 is 0 Å². The predicted octanol–water partition coefficient (Wildman–Crippen LogP) is 0.340. The molecule has 0 radical (unpaired) electrons. The second-order valence-corrected chi connectivity index (χ2v) is 13.7. The maximum absolute atomic E-state index is 12.5. The number of ether oxygens (including phenoxy) is 2. The molecular weight excluding hydrogens is 626 g/mol. The lowest BCUT2D eigenvalue weighted by Gasteiger charge is -2.36. The third-order valence-corrected chi connectivity index (χ3v) is 9.85. The number of hydrogen-bond acceptors (Lipinski definition) is 11. The first-order chi connectivity index (χ1) is 23.9. The fourth-order valence-corrected chi connectivity index (χ4v) is 6.59. The van der Waals surface area contributed by atoms with Crippen molar-refractivity contribution >= 4 is 18.1 Å². The molecule has 3 N–H and O–H groups in total. The molecule has 3 aliphatic heterocycles. The van der Waals surface area contributed by atoms with Crippen LogP contribution in [0.15, 0.2) is 24.3 Å². The summed E-state index contributed by atoms with van der Waals surface area (Å²) in [5, 5.41) is 8.76. The number of likely N-dealkylation sites (N-methyl/N-ethyl adjacent to an activating group) is 1. The Labute approximate surface area is 294 Å². The van der Waals surface area contributed by atoms with Crippen LogP contribution in [0.5, 0.6) is 0 Å². The Morgan fingerprint density at radius 1 is 0.612 bits per heavy atom. The zero-order valence-corrected chi connectivity index (χ0v) is 30.0. The third-order valence-electron chi connectivity index (χ3n) is 9.85. The highest BCUT2D eigenvalue weighted by molar-refractivity contribution is 5.78. The van der Waals surface area contributed by atoms with Crippen molar-refractivity contribution in [3.05, 3.63) is 24.3 Å². The first kappa shape index (κ1) is 39.0. The Balaban J connectivity index is 0.893. The van der Waals surface area contributed by atoms with Gasteiger partial charge >= 0.3 is 12.2 Å². The fourth-order valence-electron chi connectivity index (χ4n) is 6.59. The van der Waals surface area contributed by atoms with Crippen molar-refractivity contribution in [2.24, 2.45) is 5.92 Å². The Morgan fingerprint density at radius 3 is 1.63 bits per heavy atom. The quantitative estimate of drug-likeness (QED) is 0.163. The molecule has 1 unspecified atom stereocenters. The molecule has 0 aromatic heterocycles. The summed E-state index contributed by atoms with van der Waals surface area (Å²) in [5.74, 6) is 0.738. The first-order valence-electron chi connectivity index (χ1n) is 18.6. The van der Waals surface area contributed by atoms with Gasteiger partial charge in [0.25, 0.3) is 0 Å². The highest BCUT2D eigenvalue weighted by atomic mass is 16.6. The standard InChI is InChI=1S/C35H63N9O5/c1-39-16-18-40(19-17-39)14-11-37-34(46)48-28-6-3-7-29-49-35(47)38-12-15-42-22-26-44(27-23-42)31-33(45)36-10-13-41-20-24-43(25-21-41)30-32-8-4-2-5-9-32/h2,4-5,8,32H,3,6-7,9-31H2,1H3,(H,36,45)(H,37,46)(H,38,47). The molecule has 1 atom stereocenters. The average Bonchev–Trinajstić information content (AvgIpc) is 3.11. The van der Waals surface area contributed by atoms with Gasteiger partial charge in [-0.05, 0) is 38.6 Å². The molecule has 0 aromatic rings. The first-order valence-corrected chi connectivity index (χ1v) is 18.6. The number of hydrogen-bond donors (Lipinski definition) is 3. The molecule has 49 heavy (non-hydrogen) atoms. The lowest BCUT2D eigenvalue weighted by atomic mass is 10.00. The van der Waals surface area contributed by atoms with Crippen molar-refractivity contribution < 1.29 is 23.9 Å². The molecule has 14 heteroatoms. The summed E-state index contributed by atoms with van der Waals surface area (Å²) >= 11 is 0. The summed E-state index contributed by atoms with van der Waals surface area (Å²) in [4.78, 5) is 50.6. The molecule has 3 amide bonds. The van der Waals surface area contributed by atoms with Crippen LogP contribution in [0.1, 0.15) is 25.7 Å². The number of unbranched alkanes of at least 4 members (excludes halogenated alkanes) is 2. The van der Waals surface area contributed by atoms with Gasteiger partial charge in [-0.15, -0.1) is 0 Å². The summed E-state index contributed by atoms with van der Waals surface area (Å²) in [7, 11) is 2.13. The molecule has 3 saturated heterocycles. The molecule has 3 heterocycles. The molecule has 0 spiro atoms. The molecule has 0 aromatic carbocycles. The number of carbonyl (C=O) groups excluding carboxylic acids is 3. The van der Waals surface area contributed by atoms with Gasteiger partial charge in [0.2, 0.25) is 5.91 Å². The van der Waals surface area contributed by atoms with E-state index in [0.29, 0.717) is 45.3 Å². The minimum absolute atomic E-state index is 0.0961. The zero-order chi connectivity index (χ0) is 34.5. The number of amides is 3. The second kappa shape index (κ2) is 22.9. The second-order valence-electron chi connectivity index (χ2n) is 13.7. The van der Waals surface area contributed by atoms with E-state index in [-0.39, 0.29) is 12.0 Å². The van der Waals surface area contributed by atoms with E-state index in [2.05, 4.69) is 76.7 Å². The van der Waals surface area contributed by atoms with E-state index in [1.54, 1.807) is 0 Å². The maximum atomic E-state index is 12.5. The normalized spacial score (nSPS) is 21.8. The zero-order valence-electron chi connectivity index (χ0n) is 30.0. The van der Waals surface area contributed by atoms with Gasteiger partial charge in [0, 0.05) is 124 Å². The molecular formula is C35H63N9O5. The highest BCUT2D eigenvalue weighted by Gasteiger charge is 2.21. The minimum atomic E-state index is -0.400. The molecule has 4 aliphatic rings. The fraction of sp³-hybridized carbons (Fsp3) is 0.800. The molecule has 0 bridgehead atoms. The van der Waals surface area contributed by atoms with Crippen LogP contribution in [0.2, 0.25) is 0 Å².